The molecule has 0 fully saturated rings. The normalized spacial score (nSPS) is 10.3. The van der Waals surface area contributed by atoms with Gasteiger partial charge in [0.2, 0.25) is 0 Å². The van der Waals surface area contributed by atoms with Crippen LogP contribution in [-0.4, -0.2) is 28.7 Å². The van der Waals surface area contributed by atoms with Crippen molar-refractivity contribution in [3.05, 3.63) is 0 Å². The minimum absolute atomic E-state index is 0. The van der Waals surface area contributed by atoms with Crippen molar-refractivity contribution < 1.29 is 41.3 Å². The van der Waals surface area contributed by atoms with Gasteiger partial charge in [0.1, 0.15) is 0 Å². The minimum Gasteiger partial charge on any atom is -0.366 e. The third kappa shape index (κ3) is 10.8. The first-order valence-corrected chi connectivity index (χ1v) is 2.81. The van der Waals surface area contributed by atoms with Gasteiger partial charge in [0.25, 0.3) is 0 Å². The van der Waals surface area contributed by atoms with E-state index in [1.807, 2.05) is 0 Å². The molecule has 0 saturated heterocycles. The van der Waals surface area contributed by atoms with E-state index in [2.05, 4.69) is 4.58 Å². The Balaban J connectivity index is 0. The molecule has 0 aliphatic carbocycles. The van der Waals surface area contributed by atoms with Crippen LogP contribution in [0.1, 0.15) is 0 Å². The molecule has 0 saturated carbocycles. The Hall–Kier alpha value is 0.536. The molecule has 0 bridgehead atoms. The maximum atomic E-state index is 7.60. The summed E-state index contributed by atoms with van der Waals surface area (Å²) in [5, 5.41) is 7.21. The smallest absolute Gasteiger partial charge is 0.366 e. The fourth-order valence-electron chi connectivity index (χ4n) is 0. The molecule has 5 nitrogen and oxygen atoms in total. The van der Waals surface area contributed by atoms with E-state index < -0.39 is 9.05 Å². The fourth-order valence-corrected chi connectivity index (χ4v) is 0. The topological polar surface area (TPSA) is 90.2 Å². The Bertz CT molecular complexity index is 37.8. The number of hydrogen-bond donors (Lipinski definition) is 4. The average molecular weight is 176 g/mol. The molecule has 0 heterocycles. The first-order valence-electron chi connectivity index (χ1n) is 1.06. The Labute approximate surface area is 51.1 Å². The van der Waals surface area contributed by atoms with E-state index in [0.717, 1.165) is 0 Å². The van der Waals surface area contributed by atoms with E-state index in [4.69, 9.17) is 19.6 Å². The molecule has 49 valence electrons. The summed E-state index contributed by atoms with van der Waals surface area (Å²) in [6.07, 6.45) is 0. The van der Waals surface area contributed by atoms with Crippen LogP contribution in [0.4, 0.5) is 0 Å². The summed E-state index contributed by atoms with van der Waals surface area (Å²) in [5.74, 6) is 0. The second-order valence-electron chi connectivity index (χ2n) is 0.665. The van der Waals surface area contributed by atoms with Crippen LogP contribution in [0.3, 0.4) is 0 Å². The van der Waals surface area contributed by atoms with Crippen molar-refractivity contribution >= 4 is 9.05 Å². The predicted molar refractivity (Wildman–Crippen MR) is 16.1 cm³/mol. The maximum absolute atomic E-state index is 7.60. The van der Waals surface area contributed by atoms with Crippen molar-refractivity contribution in [2.24, 2.45) is 0 Å². The Morgan fingerprint density at radius 3 is 1.29 bits per heavy atom. The molecule has 0 rings (SSSR count). The molecule has 0 aliphatic heterocycles. The molecule has 0 aromatic carbocycles. The van der Waals surface area contributed by atoms with Gasteiger partial charge in [0.05, 0.1) is 0 Å². The summed E-state index contributed by atoms with van der Waals surface area (Å²) in [7, 11) is -4.58. The van der Waals surface area contributed by atoms with Crippen molar-refractivity contribution in [1.82, 2.24) is 0 Å². The average Bonchev–Trinajstić information content (AvgIpc) is 1.35. The van der Waals surface area contributed by atoms with Gasteiger partial charge in [-0.05, 0) is 0 Å². The second-order valence-corrected chi connectivity index (χ2v) is 2.00. The first kappa shape index (κ1) is 10.5. The quantitative estimate of drug-likeness (QED) is 0.208. The van der Waals surface area contributed by atoms with Crippen molar-refractivity contribution in [3.8, 4) is 0 Å². The third-order valence-electron chi connectivity index (χ3n) is 0.122. The summed E-state index contributed by atoms with van der Waals surface area (Å²) in [6, 6.07) is 0. The van der Waals surface area contributed by atoms with Gasteiger partial charge in [-0.3, -0.25) is 5.26 Å². The summed E-state index contributed by atoms with van der Waals surface area (Å²) in [6.45, 7) is 0. The predicted octanol–water partition coefficient (Wildman–Crippen LogP) is -2.11. The molecule has 4 N–H and O–H groups in total. The fraction of sp³-hybridized carbons (Fsp3) is 0. The zero-order chi connectivity index (χ0) is 5.21. The Morgan fingerprint density at radius 2 is 1.29 bits per heavy atom. The first-order chi connectivity index (χ1) is 2.56. The zero-order valence-electron chi connectivity index (χ0n) is 3.00. The van der Waals surface area contributed by atoms with E-state index in [9.17, 15) is 0 Å². The van der Waals surface area contributed by atoms with Gasteiger partial charge in [0, 0.05) is 17.1 Å². The van der Waals surface area contributed by atoms with Gasteiger partial charge in [-0.15, -0.1) is 0 Å². The van der Waals surface area contributed by atoms with Crippen LogP contribution in [0.5, 0.6) is 0 Å². The van der Waals surface area contributed by atoms with Gasteiger partial charge < -0.3 is 14.4 Å². The standard InChI is InChI=1S/Cu.H4O5Si/c;1-5-6(2,3)4/h;1-4H. The van der Waals surface area contributed by atoms with Gasteiger partial charge in [0.15, 0.2) is 0 Å². The van der Waals surface area contributed by atoms with Crippen LogP contribution in [0, 0.1) is 0 Å². The van der Waals surface area contributed by atoms with Crippen molar-refractivity contribution in [2.75, 3.05) is 0 Å². The van der Waals surface area contributed by atoms with Gasteiger partial charge in [-0.1, -0.05) is 0 Å². The van der Waals surface area contributed by atoms with E-state index in [1.54, 1.807) is 0 Å². The molecule has 0 unspecified atom stereocenters. The molecule has 1 radical (unpaired) electrons. The molecule has 0 spiro atoms. The molecule has 7 heavy (non-hydrogen) atoms. The van der Waals surface area contributed by atoms with E-state index in [0.29, 0.717) is 0 Å². The summed E-state index contributed by atoms with van der Waals surface area (Å²) in [4.78, 5) is 22.8. The number of rotatable bonds is 1. The van der Waals surface area contributed by atoms with E-state index in [1.165, 1.54) is 0 Å². The van der Waals surface area contributed by atoms with Crippen molar-refractivity contribution in [1.29, 1.82) is 0 Å². The molecular formula is H4CuO5Si. The van der Waals surface area contributed by atoms with Crippen LogP contribution in [-0.2, 0) is 21.6 Å². The monoisotopic (exact) mass is 175 g/mol. The van der Waals surface area contributed by atoms with E-state index in [-0.39, 0.29) is 17.1 Å². The largest absolute Gasteiger partial charge is 0.699 e. The van der Waals surface area contributed by atoms with Crippen molar-refractivity contribution in [2.45, 2.75) is 0 Å². The molecule has 0 amide bonds. The summed E-state index contributed by atoms with van der Waals surface area (Å²) >= 11 is 0. The Kier molecular flexibility index (Phi) is 5.29. The van der Waals surface area contributed by atoms with E-state index >= 15 is 0 Å². The molecular weight excluding hydrogens is 172 g/mol. The zero-order valence-corrected chi connectivity index (χ0v) is 4.94. The van der Waals surface area contributed by atoms with Crippen LogP contribution in [0.2, 0.25) is 0 Å². The Morgan fingerprint density at radius 1 is 1.14 bits per heavy atom. The van der Waals surface area contributed by atoms with Crippen LogP contribution >= 0.6 is 0 Å². The van der Waals surface area contributed by atoms with Gasteiger partial charge in [-0.2, -0.15) is 4.58 Å². The number of hydrogen-bond acceptors (Lipinski definition) is 5. The minimum atomic E-state index is -4.58. The SMILES string of the molecule is OO[Si](O)(O)O.[Cu]. The summed E-state index contributed by atoms with van der Waals surface area (Å²) < 4.78 is 2.74. The second kappa shape index (κ2) is 3.53. The molecule has 0 aliphatic rings. The molecule has 0 aromatic heterocycles. The van der Waals surface area contributed by atoms with Crippen LogP contribution < -0.4 is 0 Å². The third-order valence-corrected chi connectivity index (χ3v) is 0.367. The molecule has 7 heteroatoms. The van der Waals surface area contributed by atoms with Crippen LogP contribution in [0.25, 0.3) is 0 Å². The van der Waals surface area contributed by atoms with Crippen molar-refractivity contribution in [3.63, 3.8) is 0 Å². The summed E-state index contributed by atoms with van der Waals surface area (Å²) in [5.41, 5.74) is 0. The van der Waals surface area contributed by atoms with Gasteiger partial charge in [-0.25, -0.2) is 0 Å². The molecule has 0 aromatic rings. The van der Waals surface area contributed by atoms with Gasteiger partial charge >= 0.3 is 9.05 Å². The molecule has 0 atom stereocenters. The maximum Gasteiger partial charge on any atom is 0.699 e. The van der Waals surface area contributed by atoms with Crippen LogP contribution in [0.15, 0.2) is 0 Å².